The molecule has 0 spiro atoms. The van der Waals surface area contributed by atoms with Gasteiger partial charge in [-0.25, -0.2) is 0 Å². The molecule has 2 aromatic heterocycles. The molecule has 2 heteroatoms. The van der Waals surface area contributed by atoms with Gasteiger partial charge in [-0.3, -0.25) is 0 Å². The Kier molecular flexibility index (Phi) is 5.51. The lowest BCUT2D eigenvalue weighted by molar-refractivity contribution is 0.674. The second-order valence-electron chi connectivity index (χ2n) is 12.0. The third kappa shape index (κ3) is 3.62. The van der Waals surface area contributed by atoms with Gasteiger partial charge in [-0.2, -0.15) is 0 Å². The number of rotatable bonds is 3. The largest absolute Gasteiger partial charge is 0.455 e. The van der Waals surface area contributed by atoms with E-state index in [1.54, 1.807) is 11.3 Å². The molecule has 2 heterocycles. The molecule has 0 fully saturated rings. The van der Waals surface area contributed by atoms with Gasteiger partial charge in [0, 0.05) is 37.5 Å². The van der Waals surface area contributed by atoms with Gasteiger partial charge < -0.3 is 4.42 Å². The molecule has 0 aliphatic rings. The Morgan fingerprint density at radius 3 is 1.65 bits per heavy atom. The van der Waals surface area contributed by atoms with Crippen molar-refractivity contribution in [3.63, 3.8) is 0 Å². The predicted molar refractivity (Wildman–Crippen MR) is 198 cm³/mol. The molecule has 0 amide bonds. The number of hydrogen-bond donors (Lipinski definition) is 0. The normalized spacial score (nSPS) is 11.9. The molecule has 0 aliphatic heterocycles. The Balaban J connectivity index is 1.33. The summed E-state index contributed by atoms with van der Waals surface area (Å²) in [6.45, 7) is 0. The van der Waals surface area contributed by atoms with Crippen LogP contribution in [0.1, 0.15) is 0 Å². The summed E-state index contributed by atoms with van der Waals surface area (Å²) < 4.78 is 8.29. The third-order valence-corrected chi connectivity index (χ3v) is 10.5. The molecule has 0 bridgehead atoms. The van der Waals surface area contributed by atoms with Gasteiger partial charge in [0.2, 0.25) is 0 Å². The van der Waals surface area contributed by atoms with E-state index in [2.05, 4.69) is 157 Å². The van der Waals surface area contributed by atoms with Gasteiger partial charge in [0.1, 0.15) is 11.2 Å². The Hall–Kier alpha value is -5.70. The molecule has 8 aromatic carbocycles. The molecule has 1 nitrogen and oxygen atoms in total. The predicted octanol–water partition coefficient (Wildman–Crippen LogP) is 13.3. The molecule has 0 aliphatic carbocycles. The van der Waals surface area contributed by atoms with Crippen LogP contribution in [-0.4, -0.2) is 0 Å². The number of benzene rings is 8. The Morgan fingerprint density at radius 1 is 0.370 bits per heavy atom. The van der Waals surface area contributed by atoms with Gasteiger partial charge >= 0.3 is 0 Å². The van der Waals surface area contributed by atoms with Crippen molar-refractivity contribution < 1.29 is 4.42 Å². The molecule has 10 rings (SSSR count). The lowest BCUT2D eigenvalue weighted by atomic mass is 9.84. The third-order valence-electron chi connectivity index (χ3n) is 9.55. The Morgan fingerprint density at radius 2 is 0.913 bits per heavy atom. The highest BCUT2D eigenvalue weighted by Crippen LogP contribution is 2.49. The molecular formula is C44H26OS. The number of para-hydroxylation sites is 1. The summed E-state index contributed by atoms with van der Waals surface area (Å²) in [6.07, 6.45) is 0. The molecule has 0 atom stereocenters. The zero-order chi connectivity index (χ0) is 30.2. The maximum absolute atomic E-state index is 7.05. The highest BCUT2D eigenvalue weighted by atomic mass is 32.1. The van der Waals surface area contributed by atoms with E-state index in [1.165, 1.54) is 70.2 Å². The summed E-state index contributed by atoms with van der Waals surface area (Å²) in [5, 5.41) is 13.2. The molecule has 214 valence electrons. The van der Waals surface area contributed by atoms with E-state index in [9.17, 15) is 0 Å². The van der Waals surface area contributed by atoms with Gasteiger partial charge in [0.25, 0.3) is 0 Å². The van der Waals surface area contributed by atoms with Crippen molar-refractivity contribution in [2.75, 3.05) is 0 Å². The first-order valence-electron chi connectivity index (χ1n) is 15.7. The van der Waals surface area contributed by atoms with Crippen LogP contribution in [0.3, 0.4) is 0 Å². The van der Waals surface area contributed by atoms with Crippen molar-refractivity contribution in [2.45, 2.75) is 0 Å². The minimum Gasteiger partial charge on any atom is -0.455 e. The summed E-state index contributed by atoms with van der Waals surface area (Å²) in [7, 11) is 0. The van der Waals surface area contributed by atoms with Crippen molar-refractivity contribution in [1.29, 1.82) is 0 Å². The van der Waals surface area contributed by atoms with Crippen molar-refractivity contribution in [1.82, 2.24) is 0 Å². The second kappa shape index (κ2) is 9.90. The smallest absolute Gasteiger partial charge is 0.144 e. The molecule has 10 aromatic rings. The minimum atomic E-state index is 0.934. The van der Waals surface area contributed by atoms with E-state index in [-0.39, 0.29) is 0 Å². The summed E-state index contributed by atoms with van der Waals surface area (Å²) in [5.74, 6) is 0. The summed E-state index contributed by atoms with van der Waals surface area (Å²) in [5.41, 5.74) is 9.19. The minimum absolute atomic E-state index is 0.934. The second-order valence-corrected chi connectivity index (χ2v) is 12.9. The number of fused-ring (bicyclic) bond motifs is 8. The molecule has 46 heavy (non-hydrogen) atoms. The van der Waals surface area contributed by atoms with Crippen molar-refractivity contribution >= 4 is 75.7 Å². The van der Waals surface area contributed by atoms with E-state index in [1.807, 2.05) is 0 Å². The van der Waals surface area contributed by atoms with E-state index in [4.69, 9.17) is 4.42 Å². The SMILES string of the molecule is c1ccc(-c2csc3ccc4c5cccc(-c6c7ccccc7c(-c7cccc8ccccc78)c7ccccc67)c5oc4c23)cc1. The molecule has 0 radical (unpaired) electrons. The van der Waals surface area contributed by atoms with E-state index < -0.39 is 0 Å². The molecule has 0 N–H and O–H groups in total. The molecule has 0 saturated heterocycles. The zero-order valence-corrected chi connectivity index (χ0v) is 25.6. The fourth-order valence-electron chi connectivity index (χ4n) is 7.56. The lowest BCUT2D eigenvalue weighted by Crippen LogP contribution is -1.91. The first-order valence-corrected chi connectivity index (χ1v) is 16.6. The standard InChI is InChI=1S/C44H26OS/c1-2-12-28(13-3-1)38-26-46-39-25-24-36-35-22-11-23-37(43(35)45-44(36)42(38)39)41-33-19-8-6-17-31(33)40(32-18-7-9-20-34(32)41)30-21-10-15-27-14-4-5-16-29(27)30/h1-26H. The van der Waals surface area contributed by atoms with Gasteiger partial charge in [-0.15, -0.1) is 11.3 Å². The van der Waals surface area contributed by atoms with Crippen molar-refractivity contribution in [2.24, 2.45) is 0 Å². The highest BCUT2D eigenvalue weighted by Gasteiger charge is 2.22. The molecular weight excluding hydrogens is 577 g/mol. The van der Waals surface area contributed by atoms with Gasteiger partial charge in [0.15, 0.2) is 0 Å². The average Bonchev–Trinajstić information content (AvgIpc) is 3.73. The topological polar surface area (TPSA) is 13.1 Å². The van der Waals surface area contributed by atoms with Crippen LogP contribution < -0.4 is 0 Å². The van der Waals surface area contributed by atoms with Crippen LogP contribution in [0.25, 0.3) is 97.7 Å². The summed E-state index contributed by atoms with van der Waals surface area (Å²) >= 11 is 1.78. The number of thiophene rings is 1. The first-order chi connectivity index (χ1) is 22.8. The fraction of sp³-hybridized carbons (Fsp3) is 0. The quantitative estimate of drug-likeness (QED) is 0.183. The van der Waals surface area contributed by atoms with Crippen LogP contribution in [0, 0.1) is 0 Å². The zero-order valence-electron chi connectivity index (χ0n) is 24.8. The number of hydrogen-bond acceptors (Lipinski definition) is 2. The maximum atomic E-state index is 7.05. The van der Waals surface area contributed by atoms with Crippen LogP contribution in [-0.2, 0) is 0 Å². The first kappa shape index (κ1) is 25.6. The molecule has 0 saturated carbocycles. The highest BCUT2D eigenvalue weighted by molar-refractivity contribution is 7.18. The van der Waals surface area contributed by atoms with E-state index >= 15 is 0 Å². The maximum Gasteiger partial charge on any atom is 0.144 e. The van der Waals surface area contributed by atoms with Crippen LogP contribution in [0.5, 0.6) is 0 Å². The summed E-state index contributed by atoms with van der Waals surface area (Å²) in [4.78, 5) is 0. The Labute approximate surface area is 269 Å². The fourth-order valence-corrected chi connectivity index (χ4v) is 8.52. The number of furan rings is 1. The van der Waals surface area contributed by atoms with Crippen molar-refractivity contribution in [3.05, 3.63) is 157 Å². The van der Waals surface area contributed by atoms with Crippen LogP contribution in [0.2, 0.25) is 0 Å². The summed E-state index contributed by atoms with van der Waals surface area (Å²) in [6, 6.07) is 54.9. The van der Waals surface area contributed by atoms with Gasteiger partial charge in [-0.1, -0.05) is 140 Å². The average molecular weight is 603 g/mol. The van der Waals surface area contributed by atoms with Gasteiger partial charge in [-0.05, 0) is 66.5 Å². The van der Waals surface area contributed by atoms with Gasteiger partial charge in [0.05, 0.1) is 0 Å². The van der Waals surface area contributed by atoms with Crippen molar-refractivity contribution in [3.8, 4) is 33.4 Å². The van der Waals surface area contributed by atoms with E-state index in [0.717, 1.165) is 27.5 Å². The van der Waals surface area contributed by atoms with Crippen LogP contribution in [0.15, 0.2) is 161 Å². The monoisotopic (exact) mass is 602 g/mol. The Bertz CT molecular complexity index is 2740. The van der Waals surface area contributed by atoms with E-state index in [0.29, 0.717) is 0 Å². The van der Waals surface area contributed by atoms with Crippen LogP contribution in [0.4, 0.5) is 0 Å². The molecule has 0 unspecified atom stereocenters. The lowest BCUT2D eigenvalue weighted by Gasteiger charge is -2.18. The van der Waals surface area contributed by atoms with Crippen LogP contribution >= 0.6 is 11.3 Å².